The molecule has 0 spiro atoms. The number of H-pyrrole nitrogens is 1. The minimum absolute atomic E-state index is 0.433. The van der Waals surface area contributed by atoms with Gasteiger partial charge in [-0.05, 0) is 48.0 Å². The second-order valence-electron chi connectivity index (χ2n) is 5.39. The number of hydrogen-bond donors (Lipinski definition) is 2. The lowest BCUT2D eigenvalue weighted by Crippen LogP contribution is -1.97. The number of benzene rings is 1. The molecule has 25 heavy (non-hydrogen) atoms. The highest BCUT2D eigenvalue weighted by Gasteiger charge is 2.09. The second-order valence-corrected chi connectivity index (χ2v) is 5.79. The molecule has 0 atom stereocenters. The van der Waals surface area contributed by atoms with E-state index in [-0.39, 0.29) is 0 Å². The molecule has 4 aromatic rings. The largest absolute Gasteiger partial charge is 0.487 e. The average Bonchev–Trinajstić information content (AvgIpc) is 3.05. The van der Waals surface area contributed by atoms with Crippen LogP contribution in [0.25, 0.3) is 11.0 Å². The normalized spacial score (nSPS) is 10.8. The molecule has 0 unspecified atom stereocenters. The molecule has 7 heteroatoms. The van der Waals surface area contributed by atoms with Crippen LogP contribution in [0.3, 0.4) is 0 Å². The van der Waals surface area contributed by atoms with Gasteiger partial charge in [-0.1, -0.05) is 11.6 Å². The Kier molecular flexibility index (Phi) is 4.18. The van der Waals surface area contributed by atoms with Crippen molar-refractivity contribution in [2.45, 2.75) is 6.61 Å². The van der Waals surface area contributed by atoms with Gasteiger partial charge in [0.2, 0.25) is 0 Å². The van der Waals surface area contributed by atoms with Gasteiger partial charge in [0.1, 0.15) is 17.9 Å². The maximum absolute atomic E-state index is 6.33. The Morgan fingerprint density at radius 2 is 1.96 bits per heavy atom. The average molecular weight is 352 g/mol. The van der Waals surface area contributed by atoms with Crippen molar-refractivity contribution >= 4 is 34.1 Å². The van der Waals surface area contributed by atoms with E-state index in [0.29, 0.717) is 23.2 Å². The fourth-order valence-corrected chi connectivity index (χ4v) is 2.65. The van der Waals surface area contributed by atoms with Crippen molar-refractivity contribution in [3.8, 4) is 5.75 Å². The molecule has 0 aliphatic carbocycles. The van der Waals surface area contributed by atoms with Gasteiger partial charge in [-0.15, -0.1) is 0 Å². The van der Waals surface area contributed by atoms with Crippen LogP contribution in [0.4, 0.5) is 11.5 Å². The molecule has 3 heterocycles. The molecule has 4 rings (SSSR count). The maximum Gasteiger partial charge on any atom is 0.178 e. The standard InChI is InChI=1S/C18H14ClN5O/c19-14-10-13(22-18-17-15(23-24-18)2-1-7-21-17)3-4-16(14)25-11-12-5-8-20-9-6-12/h1-10H,11H2,(H2,22,23,24). The van der Waals surface area contributed by atoms with Gasteiger partial charge >= 0.3 is 0 Å². The number of nitrogens with one attached hydrogen (secondary N) is 2. The third-order valence-corrected chi connectivity index (χ3v) is 3.95. The van der Waals surface area contributed by atoms with Crippen LogP contribution in [-0.4, -0.2) is 20.2 Å². The Hall–Kier alpha value is -3.12. The van der Waals surface area contributed by atoms with Gasteiger partial charge in [-0.3, -0.25) is 15.1 Å². The molecule has 0 aliphatic heterocycles. The lowest BCUT2D eigenvalue weighted by atomic mass is 10.2. The zero-order valence-corrected chi connectivity index (χ0v) is 13.9. The smallest absolute Gasteiger partial charge is 0.178 e. The van der Waals surface area contributed by atoms with E-state index in [2.05, 4.69) is 25.5 Å². The topological polar surface area (TPSA) is 75.7 Å². The molecule has 0 saturated heterocycles. The molecule has 0 aliphatic rings. The van der Waals surface area contributed by atoms with Gasteiger partial charge in [0.25, 0.3) is 0 Å². The number of halogens is 1. The van der Waals surface area contributed by atoms with Crippen LogP contribution in [0.2, 0.25) is 5.02 Å². The quantitative estimate of drug-likeness (QED) is 0.559. The van der Waals surface area contributed by atoms with Crippen molar-refractivity contribution < 1.29 is 4.74 Å². The molecule has 0 amide bonds. The van der Waals surface area contributed by atoms with Crippen molar-refractivity contribution in [2.75, 3.05) is 5.32 Å². The minimum Gasteiger partial charge on any atom is -0.487 e. The number of anilines is 2. The van der Waals surface area contributed by atoms with E-state index in [4.69, 9.17) is 16.3 Å². The van der Waals surface area contributed by atoms with Crippen molar-refractivity contribution in [3.63, 3.8) is 0 Å². The van der Waals surface area contributed by atoms with Crippen LogP contribution in [0.1, 0.15) is 5.56 Å². The number of ether oxygens (including phenoxy) is 1. The molecular formula is C18H14ClN5O. The molecule has 0 bridgehead atoms. The summed E-state index contributed by atoms with van der Waals surface area (Å²) in [5, 5.41) is 10.9. The van der Waals surface area contributed by atoms with Gasteiger partial charge in [0.05, 0.1) is 10.5 Å². The van der Waals surface area contributed by atoms with E-state index in [1.54, 1.807) is 24.7 Å². The first-order valence-corrected chi connectivity index (χ1v) is 8.05. The zero-order chi connectivity index (χ0) is 17.1. The Balaban J connectivity index is 1.49. The first kappa shape index (κ1) is 15.4. The van der Waals surface area contributed by atoms with Crippen molar-refractivity contribution in [2.24, 2.45) is 0 Å². The lowest BCUT2D eigenvalue weighted by Gasteiger charge is -2.10. The van der Waals surface area contributed by atoms with Crippen molar-refractivity contribution in [1.82, 2.24) is 20.2 Å². The van der Waals surface area contributed by atoms with Crippen LogP contribution in [-0.2, 0) is 6.61 Å². The molecule has 0 fully saturated rings. The summed E-state index contributed by atoms with van der Waals surface area (Å²) in [6.45, 7) is 0.433. The second kappa shape index (κ2) is 6.78. The highest BCUT2D eigenvalue weighted by Crippen LogP contribution is 2.30. The number of aromatic nitrogens is 4. The molecule has 124 valence electrons. The summed E-state index contributed by atoms with van der Waals surface area (Å²) >= 11 is 6.33. The first-order chi connectivity index (χ1) is 12.3. The van der Waals surface area contributed by atoms with Crippen molar-refractivity contribution in [1.29, 1.82) is 0 Å². The van der Waals surface area contributed by atoms with E-state index in [0.717, 1.165) is 22.3 Å². The van der Waals surface area contributed by atoms with Crippen LogP contribution in [0.5, 0.6) is 5.75 Å². The molecule has 3 aromatic heterocycles. The van der Waals surface area contributed by atoms with Gasteiger partial charge in [0, 0.05) is 24.3 Å². The highest BCUT2D eigenvalue weighted by molar-refractivity contribution is 6.32. The summed E-state index contributed by atoms with van der Waals surface area (Å²) in [5.74, 6) is 1.27. The number of nitrogens with zero attached hydrogens (tertiary/aromatic N) is 3. The Morgan fingerprint density at radius 3 is 2.80 bits per heavy atom. The van der Waals surface area contributed by atoms with Gasteiger partial charge < -0.3 is 10.1 Å². The Morgan fingerprint density at radius 1 is 1.08 bits per heavy atom. The number of aromatic amines is 1. The molecule has 1 aromatic carbocycles. The Bertz CT molecular complexity index is 1000. The molecular weight excluding hydrogens is 338 g/mol. The molecule has 2 N–H and O–H groups in total. The van der Waals surface area contributed by atoms with E-state index in [1.807, 2.05) is 36.4 Å². The fourth-order valence-electron chi connectivity index (χ4n) is 2.41. The van der Waals surface area contributed by atoms with E-state index >= 15 is 0 Å². The maximum atomic E-state index is 6.33. The number of pyridine rings is 2. The van der Waals surface area contributed by atoms with Gasteiger partial charge in [-0.25, -0.2) is 0 Å². The van der Waals surface area contributed by atoms with E-state index in [1.165, 1.54) is 0 Å². The summed E-state index contributed by atoms with van der Waals surface area (Å²) < 4.78 is 5.76. The summed E-state index contributed by atoms with van der Waals surface area (Å²) in [4.78, 5) is 8.30. The molecule has 6 nitrogen and oxygen atoms in total. The van der Waals surface area contributed by atoms with Gasteiger partial charge in [-0.2, -0.15) is 5.10 Å². The predicted molar refractivity (Wildman–Crippen MR) is 97.2 cm³/mol. The molecule has 0 radical (unpaired) electrons. The monoisotopic (exact) mass is 351 g/mol. The third kappa shape index (κ3) is 3.39. The third-order valence-electron chi connectivity index (χ3n) is 3.66. The zero-order valence-electron chi connectivity index (χ0n) is 13.1. The van der Waals surface area contributed by atoms with Crippen LogP contribution >= 0.6 is 11.6 Å². The molecule has 0 saturated carbocycles. The minimum atomic E-state index is 0.433. The van der Waals surface area contributed by atoms with Gasteiger partial charge in [0.15, 0.2) is 5.82 Å². The summed E-state index contributed by atoms with van der Waals surface area (Å²) in [6, 6.07) is 13.1. The fraction of sp³-hybridized carbons (Fsp3) is 0.0556. The number of fused-ring (bicyclic) bond motifs is 1. The van der Waals surface area contributed by atoms with Crippen LogP contribution in [0, 0.1) is 0 Å². The Labute approximate surface area is 148 Å². The van der Waals surface area contributed by atoms with E-state index in [9.17, 15) is 0 Å². The lowest BCUT2D eigenvalue weighted by molar-refractivity contribution is 0.306. The first-order valence-electron chi connectivity index (χ1n) is 7.67. The van der Waals surface area contributed by atoms with Crippen LogP contribution < -0.4 is 10.1 Å². The number of hydrogen-bond acceptors (Lipinski definition) is 5. The van der Waals surface area contributed by atoms with E-state index < -0.39 is 0 Å². The predicted octanol–water partition coefficient (Wildman–Crippen LogP) is 4.33. The van der Waals surface area contributed by atoms with Crippen LogP contribution in [0.15, 0.2) is 61.1 Å². The highest BCUT2D eigenvalue weighted by atomic mass is 35.5. The number of rotatable bonds is 5. The summed E-state index contributed by atoms with van der Waals surface area (Å²) in [6.07, 6.45) is 5.19. The summed E-state index contributed by atoms with van der Waals surface area (Å²) in [7, 11) is 0. The summed E-state index contributed by atoms with van der Waals surface area (Å²) in [5.41, 5.74) is 3.48. The van der Waals surface area contributed by atoms with Crippen molar-refractivity contribution in [3.05, 3.63) is 71.6 Å². The SMILES string of the molecule is Clc1cc(Nc2n[nH]c3cccnc23)ccc1OCc1ccncc1.